The van der Waals surface area contributed by atoms with Crippen molar-refractivity contribution in [1.82, 2.24) is 10.3 Å². The number of piperidine rings is 1. The molecule has 1 aliphatic heterocycles. The topological polar surface area (TPSA) is 28.2 Å². The second kappa shape index (κ2) is 7.07. The zero-order valence-corrected chi connectivity index (χ0v) is 13.3. The van der Waals surface area contributed by atoms with Crippen LogP contribution >= 0.6 is 0 Å². The average molecular weight is 275 g/mol. The van der Waals surface area contributed by atoms with Gasteiger partial charge in [0.25, 0.3) is 0 Å². The Morgan fingerprint density at radius 2 is 1.90 bits per heavy atom. The van der Waals surface area contributed by atoms with Crippen molar-refractivity contribution in [1.29, 1.82) is 0 Å². The van der Waals surface area contributed by atoms with E-state index in [1.807, 2.05) is 12.4 Å². The molecule has 0 aliphatic carbocycles. The first-order valence-electron chi connectivity index (χ1n) is 8.13. The maximum atomic E-state index is 4.29. The van der Waals surface area contributed by atoms with E-state index in [2.05, 4.69) is 42.0 Å². The van der Waals surface area contributed by atoms with E-state index in [0.717, 1.165) is 13.1 Å². The Hall–Kier alpha value is -1.09. The fourth-order valence-electron chi connectivity index (χ4n) is 3.30. The number of pyridine rings is 1. The molecule has 0 aromatic carbocycles. The molecule has 20 heavy (non-hydrogen) atoms. The summed E-state index contributed by atoms with van der Waals surface area (Å²) in [7, 11) is 0. The van der Waals surface area contributed by atoms with Crippen molar-refractivity contribution < 1.29 is 0 Å². The van der Waals surface area contributed by atoms with E-state index in [0.29, 0.717) is 5.41 Å². The second-order valence-corrected chi connectivity index (χ2v) is 5.98. The molecule has 0 spiro atoms. The fourth-order valence-corrected chi connectivity index (χ4v) is 3.30. The Labute approximate surface area is 123 Å². The number of nitrogens with one attached hydrogen (secondary N) is 1. The predicted octanol–water partition coefficient (Wildman–Crippen LogP) is 3.60. The Morgan fingerprint density at radius 3 is 2.50 bits per heavy atom. The van der Waals surface area contributed by atoms with Crippen molar-refractivity contribution in [3.05, 3.63) is 24.0 Å². The van der Waals surface area contributed by atoms with E-state index >= 15 is 0 Å². The van der Waals surface area contributed by atoms with Gasteiger partial charge in [-0.2, -0.15) is 0 Å². The SMILES string of the molecule is CCNCc1cnccc1N1CCC(CC)(CC)CC1. The summed E-state index contributed by atoms with van der Waals surface area (Å²) in [6, 6.07) is 2.18. The molecule has 0 amide bonds. The van der Waals surface area contributed by atoms with Crippen LogP contribution in [0.2, 0.25) is 0 Å². The predicted molar refractivity (Wildman–Crippen MR) is 86.1 cm³/mol. The molecule has 1 aromatic heterocycles. The molecule has 0 radical (unpaired) electrons. The molecule has 0 atom stereocenters. The lowest BCUT2D eigenvalue weighted by molar-refractivity contribution is 0.199. The van der Waals surface area contributed by atoms with E-state index in [1.165, 1.54) is 50.0 Å². The number of nitrogens with zero attached hydrogens (tertiary/aromatic N) is 2. The van der Waals surface area contributed by atoms with Crippen LogP contribution in [0.25, 0.3) is 0 Å². The molecular formula is C17H29N3. The molecule has 1 aromatic rings. The van der Waals surface area contributed by atoms with Gasteiger partial charge in [-0.15, -0.1) is 0 Å². The monoisotopic (exact) mass is 275 g/mol. The van der Waals surface area contributed by atoms with E-state index < -0.39 is 0 Å². The number of rotatable bonds is 6. The second-order valence-electron chi connectivity index (χ2n) is 5.98. The third kappa shape index (κ3) is 3.32. The fraction of sp³-hybridized carbons (Fsp3) is 0.706. The highest BCUT2D eigenvalue weighted by Gasteiger charge is 2.31. The van der Waals surface area contributed by atoms with Gasteiger partial charge in [-0.25, -0.2) is 0 Å². The van der Waals surface area contributed by atoms with Crippen LogP contribution in [0.5, 0.6) is 0 Å². The van der Waals surface area contributed by atoms with Crippen LogP contribution in [-0.2, 0) is 6.54 Å². The number of anilines is 1. The van der Waals surface area contributed by atoms with Gasteiger partial charge in [-0.3, -0.25) is 4.98 Å². The Kier molecular flexibility index (Phi) is 5.41. The summed E-state index contributed by atoms with van der Waals surface area (Å²) >= 11 is 0. The first-order chi connectivity index (χ1) is 9.74. The van der Waals surface area contributed by atoms with Crippen molar-refractivity contribution in [2.45, 2.75) is 53.0 Å². The number of aromatic nitrogens is 1. The third-order valence-corrected chi connectivity index (χ3v) is 5.11. The minimum atomic E-state index is 0.589. The molecule has 3 heteroatoms. The minimum absolute atomic E-state index is 0.589. The maximum Gasteiger partial charge on any atom is 0.0442 e. The quantitative estimate of drug-likeness (QED) is 0.860. The van der Waals surface area contributed by atoms with Gasteiger partial charge in [0.15, 0.2) is 0 Å². The number of hydrogen-bond donors (Lipinski definition) is 1. The van der Waals surface area contributed by atoms with Gasteiger partial charge in [-0.1, -0.05) is 33.6 Å². The normalized spacial score (nSPS) is 18.2. The highest BCUT2D eigenvalue weighted by molar-refractivity contribution is 5.52. The molecule has 0 bridgehead atoms. The van der Waals surface area contributed by atoms with Crippen molar-refractivity contribution in [2.75, 3.05) is 24.5 Å². The zero-order valence-electron chi connectivity index (χ0n) is 13.3. The van der Waals surface area contributed by atoms with Gasteiger partial charge < -0.3 is 10.2 Å². The van der Waals surface area contributed by atoms with Gasteiger partial charge in [0.05, 0.1) is 0 Å². The summed E-state index contributed by atoms with van der Waals surface area (Å²) in [5.74, 6) is 0. The molecule has 0 saturated carbocycles. The van der Waals surface area contributed by atoms with Crippen LogP contribution < -0.4 is 10.2 Å². The molecule has 1 saturated heterocycles. The Balaban J connectivity index is 2.06. The standard InChI is InChI=1S/C17H29N3/c1-4-17(5-2)8-11-20(12-9-17)16-7-10-19-14-15(16)13-18-6-3/h7,10,14,18H,4-6,8-9,11-13H2,1-3H3. The van der Waals surface area contributed by atoms with Crippen LogP contribution in [-0.4, -0.2) is 24.6 Å². The highest BCUT2D eigenvalue weighted by atomic mass is 15.1. The summed E-state index contributed by atoms with van der Waals surface area (Å²) in [6.07, 6.45) is 9.22. The van der Waals surface area contributed by atoms with Gasteiger partial charge in [-0.05, 0) is 30.9 Å². The van der Waals surface area contributed by atoms with Crippen LogP contribution in [0.4, 0.5) is 5.69 Å². The van der Waals surface area contributed by atoms with Crippen molar-refractivity contribution in [2.24, 2.45) is 5.41 Å². The van der Waals surface area contributed by atoms with Crippen LogP contribution in [0.1, 0.15) is 52.0 Å². The van der Waals surface area contributed by atoms with Gasteiger partial charge in [0, 0.05) is 43.3 Å². The van der Waals surface area contributed by atoms with Crippen molar-refractivity contribution in [3.8, 4) is 0 Å². The molecule has 1 fully saturated rings. The average Bonchev–Trinajstić information content (AvgIpc) is 2.53. The molecule has 2 heterocycles. The lowest BCUT2D eigenvalue weighted by Gasteiger charge is -2.42. The minimum Gasteiger partial charge on any atom is -0.371 e. The summed E-state index contributed by atoms with van der Waals surface area (Å²) in [6.45, 7) is 11.1. The van der Waals surface area contributed by atoms with E-state index in [1.54, 1.807) is 0 Å². The third-order valence-electron chi connectivity index (χ3n) is 5.11. The summed E-state index contributed by atoms with van der Waals surface area (Å²) in [4.78, 5) is 6.84. The summed E-state index contributed by atoms with van der Waals surface area (Å²) in [5.41, 5.74) is 3.29. The first-order valence-corrected chi connectivity index (χ1v) is 8.13. The lowest BCUT2D eigenvalue weighted by Crippen LogP contribution is -2.40. The Morgan fingerprint density at radius 1 is 1.20 bits per heavy atom. The van der Waals surface area contributed by atoms with E-state index in [9.17, 15) is 0 Å². The van der Waals surface area contributed by atoms with E-state index in [4.69, 9.17) is 0 Å². The molecular weight excluding hydrogens is 246 g/mol. The zero-order chi connectivity index (χ0) is 14.4. The summed E-state index contributed by atoms with van der Waals surface area (Å²) < 4.78 is 0. The largest absolute Gasteiger partial charge is 0.371 e. The van der Waals surface area contributed by atoms with Crippen molar-refractivity contribution >= 4 is 5.69 Å². The van der Waals surface area contributed by atoms with Crippen LogP contribution in [0, 0.1) is 5.41 Å². The maximum absolute atomic E-state index is 4.29. The molecule has 112 valence electrons. The number of hydrogen-bond acceptors (Lipinski definition) is 3. The molecule has 0 unspecified atom stereocenters. The molecule has 2 rings (SSSR count). The highest BCUT2D eigenvalue weighted by Crippen LogP contribution is 2.39. The lowest BCUT2D eigenvalue weighted by atomic mass is 9.74. The molecule has 3 nitrogen and oxygen atoms in total. The molecule has 1 aliphatic rings. The smallest absolute Gasteiger partial charge is 0.0442 e. The Bertz CT molecular complexity index is 402. The van der Waals surface area contributed by atoms with Gasteiger partial charge in [0.1, 0.15) is 0 Å². The molecule has 1 N–H and O–H groups in total. The van der Waals surface area contributed by atoms with Gasteiger partial charge in [0.2, 0.25) is 0 Å². The summed E-state index contributed by atoms with van der Waals surface area (Å²) in [5, 5.41) is 3.42. The van der Waals surface area contributed by atoms with E-state index in [-0.39, 0.29) is 0 Å². The van der Waals surface area contributed by atoms with Gasteiger partial charge >= 0.3 is 0 Å². The van der Waals surface area contributed by atoms with Crippen molar-refractivity contribution in [3.63, 3.8) is 0 Å². The van der Waals surface area contributed by atoms with Crippen LogP contribution in [0.15, 0.2) is 18.5 Å². The van der Waals surface area contributed by atoms with Crippen LogP contribution in [0.3, 0.4) is 0 Å². The first kappa shape index (κ1) is 15.3.